The highest BCUT2D eigenvalue weighted by Crippen LogP contribution is 2.32. The highest BCUT2D eigenvalue weighted by atomic mass is 14.9. The Balaban J connectivity index is 2.37. The van der Waals surface area contributed by atoms with E-state index in [0.29, 0.717) is 5.41 Å². The van der Waals surface area contributed by atoms with E-state index >= 15 is 0 Å². The lowest BCUT2D eigenvalue weighted by atomic mass is 9.83. The Bertz CT molecular complexity index is 339. The average Bonchev–Trinajstić information content (AvgIpc) is 2.22. The monoisotopic (exact) mass is 189 g/mol. The summed E-state index contributed by atoms with van der Waals surface area (Å²) in [6.07, 6.45) is 2.44. The van der Waals surface area contributed by atoms with Gasteiger partial charge in [-0.05, 0) is 42.4 Å². The van der Waals surface area contributed by atoms with E-state index in [1.807, 2.05) is 0 Å². The van der Waals surface area contributed by atoms with E-state index in [4.69, 9.17) is 0 Å². The molecule has 0 bridgehead atoms. The van der Waals surface area contributed by atoms with Crippen LogP contribution in [-0.2, 0) is 6.42 Å². The van der Waals surface area contributed by atoms with Crippen LogP contribution in [0.1, 0.15) is 31.4 Å². The van der Waals surface area contributed by atoms with Gasteiger partial charge in [-0.15, -0.1) is 0 Å². The summed E-state index contributed by atoms with van der Waals surface area (Å²) in [5.74, 6) is 0. The van der Waals surface area contributed by atoms with Crippen LogP contribution in [0.25, 0.3) is 0 Å². The third-order valence-corrected chi connectivity index (χ3v) is 3.05. The third kappa shape index (κ3) is 1.92. The van der Waals surface area contributed by atoms with Gasteiger partial charge in [-0.3, -0.25) is 0 Å². The minimum absolute atomic E-state index is 0.438. The zero-order valence-corrected chi connectivity index (χ0v) is 9.35. The van der Waals surface area contributed by atoms with E-state index in [-0.39, 0.29) is 0 Å². The molecule has 0 unspecified atom stereocenters. The molecule has 0 fully saturated rings. The number of nitrogens with one attached hydrogen (secondary N) is 1. The second kappa shape index (κ2) is 3.30. The second-order valence-corrected chi connectivity index (χ2v) is 5.18. The van der Waals surface area contributed by atoms with Crippen molar-refractivity contribution in [2.75, 3.05) is 11.9 Å². The maximum absolute atomic E-state index is 3.52. The molecule has 0 atom stereocenters. The second-order valence-electron chi connectivity index (χ2n) is 5.18. The molecule has 1 aliphatic heterocycles. The molecule has 0 spiro atoms. The summed E-state index contributed by atoms with van der Waals surface area (Å²) in [7, 11) is 0. The van der Waals surface area contributed by atoms with Gasteiger partial charge in [0, 0.05) is 12.2 Å². The molecular weight excluding hydrogens is 170 g/mol. The molecule has 1 heterocycles. The molecule has 1 aromatic rings. The number of fused-ring (bicyclic) bond motifs is 1. The molecule has 1 aromatic carbocycles. The van der Waals surface area contributed by atoms with Crippen molar-refractivity contribution in [3.05, 3.63) is 29.3 Å². The van der Waals surface area contributed by atoms with Crippen LogP contribution < -0.4 is 5.32 Å². The zero-order chi connectivity index (χ0) is 10.2. The van der Waals surface area contributed by atoms with Crippen LogP contribution >= 0.6 is 0 Å². The molecule has 1 nitrogen and oxygen atoms in total. The van der Waals surface area contributed by atoms with Crippen LogP contribution in [0, 0.1) is 12.3 Å². The number of hydrogen-bond acceptors (Lipinski definition) is 1. The minimum atomic E-state index is 0.438. The normalized spacial score (nSPS) is 19.4. The SMILES string of the molecule is Cc1ccc2c(c1)NCCC(C)(C)C2. The molecule has 0 saturated carbocycles. The quantitative estimate of drug-likeness (QED) is 0.659. The van der Waals surface area contributed by atoms with Crippen LogP contribution in [0.2, 0.25) is 0 Å². The van der Waals surface area contributed by atoms with Crippen molar-refractivity contribution in [2.45, 2.75) is 33.6 Å². The van der Waals surface area contributed by atoms with Gasteiger partial charge in [0.1, 0.15) is 0 Å². The lowest BCUT2D eigenvalue weighted by Crippen LogP contribution is -2.15. The van der Waals surface area contributed by atoms with Crippen LogP contribution in [0.15, 0.2) is 18.2 Å². The van der Waals surface area contributed by atoms with E-state index < -0.39 is 0 Å². The summed E-state index contributed by atoms with van der Waals surface area (Å²) in [6, 6.07) is 6.74. The van der Waals surface area contributed by atoms with Gasteiger partial charge in [-0.1, -0.05) is 26.0 Å². The fraction of sp³-hybridized carbons (Fsp3) is 0.538. The van der Waals surface area contributed by atoms with E-state index in [1.165, 1.54) is 29.7 Å². The third-order valence-electron chi connectivity index (χ3n) is 3.05. The summed E-state index contributed by atoms with van der Waals surface area (Å²) in [6.45, 7) is 7.95. The van der Waals surface area contributed by atoms with Crippen molar-refractivity contribution in [1.82, 2.24) is 0 Å². The lowest BCUT2D eigenvalue weighted by molar-refractivity contribution is 0.349. The van der Waals surface area contributed by atoms with E-state index in [1.54, 1.807) is 0 Å². The van der Waals surface area contributed by atoms with Crippen molar-refractivity contribution in [3.63, 3.8) is 0 Å². The van der Waals surface area contributed by atoms with Gasteiger partial charge in [0.05, 0.1) is 0 Å². The van der Waals surface area contributed by atoms with Crippen molar-refractivity contribution in [1.29, 1.82) is 0 Å². The van der Waals surface area contributed by atoms with Crippen molar-refractivity contribution < 1.29 is 0 Å². The molecule has 0 radical (unpaired) electrons. The van der Waals surface area contributed by atoms with Gasteiger partial charge in [0.15, 0.2) is 0 Å². The van der Waals surface area contributed by atoms with Crippen LogP contribution in [0.3, 0.4) is 0 Å². The standard InChI is InChI=1S/C13H19N/c1-10-4-5-11-9-13(2,3)6-7-14-12(11)8-10/h4-5,8,14H,6-7,9H2,1-3H3. The first-order chi connectivity index (χ1) is 6.57. The number of hydrogen-bond donors (Lipinski definition) is 1. The highest BCUT2D eigenvalue weighted by Gasteiger charge is 2.22. The van der Waals surface area contributed by atoms with Gasteiger partial charge in [0.25, 0.3) is 0 Å². The Kier molecular flexibility index (Phi) is 2.26. The fourth-order valence-corrected chi connectivity index (χ4v) is 2.15. The maximum atomic E-state index is 3.52. The summed E-state index contributed by atoms with van der Waals surface area (Å²) >= 11 is 0. The van der Waals surface area contributed by atoms with Gasteiger partial charge >= 0.3 is 0 Å². The Morgan fingerprint density at radius 1 is 1.29 bits per heavy atom. The predicted molar refractivity (Wildman–Crippen MR) is 61.8 cm³/mol. The van der Waals surface area contributed by atoms with E-state index in [0.717, 1.165) is 6.54 Å². The van der Waals surface area contributed by atoms with Crippen LogP contribution in [0.5, 0.6) is 0 Å². The fourth-order valence-electron chi connectivity index (χ4n) is 2.15. The molecule has 0 aromatic heterocycles. The molecule has 0 saturated heterocycles. The Labute approximate surface area is 86.5 Å². The molecule has 76 valence electrons. The Morgan fingerprint density at radius 2 is 2.07 bits per heavy atom. The first kappa shape index (κ1) is 9.57. The minimum Gasteiger partial charge on any atom is -0.385 e. The summed E-state index contributed by atoms with van der Waals surface area (Å²) in [5.41, 5.74) is 4.60. The molecule has 1 heteroatoms. The number of aryl methyl sites for hydroxylation is 1. The van der Waals surface area contributed by atoms with Crippen molar-refractivity contribution in [3.8, 4) is 0 Å². The number of benzene rings is 1. The van der Waals surface area contributed by atoms with Crippen molar-refractivity contribution in [2.24, 2.45) is 5.41 Å². The Morgan fingerprint density at radius 3 is 2.86 bits per heavy atom. The van der Waals surface area contributed by atoms with E-state index in [2.05, 4.69) is 44.3 Å². The summed E-state index contributed by atoms with van der Waals surface area (Å²) < 4.78 is 0. The van der Waals surface area contributed by atoms with Gasteiger partial charge in [-0.2, -0.15) is 0 Å². The summed E-state index contributed by atoms with van der Waals surface area (Å²) in [4.78, 5) is 0. The van der Waals surface area contributed by atoms with Crippen molar-refractivity contribution >= 4 is 5.69 Å². The smallest absolute Gasteiger partial charge is 0.0375 e. The largest absolute Gasteiger partial charge is 0.385 e. The molecule has 2 rings (SSSR count). The maximum Gasteiger partial charge on any atom is 0.0375 e. The summed E-state index contributed by atoms with van der Waals surface area (Å²) in [5, 5.41) is 3.52. The molecule has 0 amide bonds. The predicted octanol–water partition coefficient (Wildman–Crippen LogP) is 3.38. The molecular formula is C13H19N. The van der Waals surface area contributed by atoms with Gasteiger partial charge in [-0.25, -0.2) is 0 Å². The van der Waals surface area contributed by atoms with E-state index in [9.17, 15) is 0 Å². The number of anilines is 1. The molecule has 1 aliphatic rings. The van der Waals surface area contributed by atoms with Crippen LogP contribution in [-0.4, -0.2) is 6.54 Å². The highest BCUT2D eigenvalue weighted by molar-refractivity contribution is 5.54. The topological polar surface area (TPSA) is 12.0 Å². The average molecular weight is 189 g/mol. The van der Waals surface area contributed by atoms with Gasteiger partial charge < -0.3 is 5.32 Å². The zero-order valence-electron chi connectivity index (χ0n) is 9.35. The van der Waals surface area contributed by atoms with Gasteiger partial charge in [0.2, 0.25) is 0 Å². The molecule has 0 aliphatic carbocycles. The number of rotatable bonds is 0. The Hall–Kier alpha value is -0.980. The first-order valence-corrected chi connectivity index (χ1v) is 5.40. The molecule has 14 heavy (non-hydrogen) atoms. The first-order valence-electron chi connectivity index (χ1n) is 5.40. The van der Waals surface area contributed by atoms with Crippen LogP contribution in [0.4, 0.5) is 5.69 Å². The molecule has 1 N–H and O–H groups in total. The lowest BCUT2D eigenvalue weighted by Gasteiger charge is -2.21.